The van der Waals surface area contributed by atoms with Crippen LogP contribution in [0.5, 0.6) is 0 Å². The maximum absolute atomic E-state index is 14.8. The lowest BCUT2D eigenvalue weighted by atomic mass is 9.93. The van der Waals surface area contributed by atoms with Gasteiger partial charge in [0.2, 0.25) is 17.7 Å². The van der Waals surface area contributed by atoms with Crippen molar-refractivity contribution in [3.8, 4) is 6.07 Å². The number of carbonyl (C=O) groups is 6. The predicted molar refractivity (Wildman–Crippen MR) is 235 cm³/mol. The monoisotopic (exact) mass is 908 g/mol. The smallest absolute Gasteiger partial charge is 0.391 e. The molecule has 1 heterocycles. The summed E-state index contributed by atoms with van der Waals surface area (Å²) in [6.45, 7) is 12.7. The fraction of sp³-hybridized carbons (Fsp3) is 0.717. The van der Waals surface area contributed by atoms with E-state index in [0.717, 1.165) is 31.2 Å². The first-order valence-corrected chi connectivity index (χ1v) is 22.3. The minimum absolute atomic E-state index is 0.0380. The molecule has 0 aromatic heterocycles. The first-order chi connectivity index (χ1) is 30.0. The maximum Gasteiger partial charge on any atom is 0.391 e. The van der Waals surface area contributed by atoms with Gasteiger partial charge >= 0.3 is 12.1 Å². The average Bonchev–Trinajstić information content (AvgIpc) is 3.22. The van der Waals surface area contributed by atoms with Crippen molar-refractivity contribution in [3.63, 3.8) is 0 Å². The molecule has 0 bridgehead atoms. The number of carbonyl (C=O) groups excluding carboxylic acids is 6. The summed E-state index contributed by atoms with van der Waals surface area (Å²) in [5.41, 5.74) is -0.940. The number of ether oxygens (including phenoxy) is 2. The van der Waals surface area contributed by atoms with E-state index < -0.39 is 84.2 Å². The van der Waals surface area contributed by atoms with Crippen LogP contribution < -0.4 is 16.0 Å². The van der Waals surface area contributed by atoms with Gasteiger partial charge in [-0.15, -0.1) is 0 Å². The fourth-order valence-corrected chi connectivity index (χ4v) is 7.79. The van der Waals surface area contributed by atoms with Gasteiger partial charge in [-0.1, -0.05) is 91.1 Å². The zero-order chi connectivity index (χ0) is 48.4. The Hall–Kier alpha value is -4.60. The van der Waals surface area contributed by atoms with Gasteiger partial charge < -0.3 is 29.9 Å². The number of cyclic esters (lactones) is 1. The number of hydrogen-bond donors (Lipinski definition) is 3. The number of unbranched alkanes of at least 4 members (excludes halogenated alkanes) is 1. The van der Waals surface area contributed by atoms with Crippen LogP contribution in [-0.2, 0) is 44.7 Å². The zero-order valence-electron chi connectivity index (χ0n) is 39.3. The molecule has 1 aliphatic heterocycles. The Morgan fingerprint density at radius 1 is 0.922 bits per heavy atom. The first-order valence-electron chi connectivity index (χ1n) is 22.3. The van der Waals surface area contributed by atoms with Crippen LogP contribution in [0.3, 0.4) is 0 Å². The number of nitrogens with zero attached hydrogens (tertiary/aromatic N) is 4. The molecule has 1 fully saturated rings. The average molecular weight is 908 g/mol. The Balaban J connectivity index is 2.85. The summed E-state index contributed by atoms with van der Waals surface area (Å²) in [4.78, 5) is 87.4. The minimum Gasteiger partial charge on any atom is -0.451 e. The molecule has 1 aromatic carbocycles. The third kappa shape index (κ3) is 17.8. The molecule has 0 saturated carbocycles. The van der Waals surface area contributed by atoms with Crippen molar-refractivity contribution >= 4 is 35.9 Å². The van der Waals surface area contributed by atoms with E-state index in [0.29, 0.717) is 23.2 Å². The van der Waals surface area contributed by atoms with Gasteiger partial charge in [-0.05, 0) is 56.6 Å². The molecule has 1 aliphatic rings. The second kappa shape index (κ2) is 26.4. The van der Waals surface area contributed by atoms with Gasteiger partial charge in [0.05, 0.1) is 31.2 Å². The molecule has 1 saturated heterocycles. The lowest BCUT2D eigenvalue weighted by Gasteiger charge is -2.43. The second-order valence-electron chi connectivity index (χ2n) is 18.1. The van der Waals surface area contributed by atoms with Gasteiger partial charge in [0.1, 0.15) is 30.5 Å². The Morgan fingerprint density at radius 2 is 1.56 bits per heavy atom. The zero-order valence-corrected chi connectivity index (χ0v) is 39.3. The van der Waals surface area contributed by atoms with E-state index in [-0.39, 0.29) is 63.2 Å². The van der Waals surface area contributed by atoms with Gasteiger partial charge in [0.15, 0.2) is 12.4 Å². The van der Waals surface area contributed by atoms with E-state index in [4.69, 9.17) is 9.47 Å². The van der Waals surface area contributed by atoms with E-state index in [1.165, 1.54) is 14.0 Å². The SMILES string of the molecule is CCCC[C@@H](C)CC1COCN(C)[C@@](C=O)(CC(C)C)NC(CC(C)C)C(=O)N(C)C(Cc2ccccc2)C(=O)NC(CC(F)(F)F)C(=O)N(C)C(C)C(=O)O[C@H](CCC#N)C(=O)N1. The van der Waals surface area contributed by atoms with Crippen LogP contribution in [0.25, 0.3) is 0 Å². The molecule has 360 valence electrons. The van der Waals surface area contributed by atoms with E-state index >= 15 is 0 Å². The molecule has 0 spiro atoms. The topological polar surface area (TPSA) is 190 Å². The van der Waals surface area contributed by atoms with E-state index in [1.807, 2.05) is 40.7 Å². The van der Waals surface area contributed by atoms with Crippen molar-refractivity contribution < 1.29 is 51.4 Å². The maximum atomic E-state index is 14.8. The van der Waals surface area contributed by atoms with Crippen molar-refractivity contribution in [2.45, 2.75) is 161 Å². The third-order valence-corrected chi connectivity index (χ3v) is 11.5. The summed E-state index contributed by atoms with van der Waals surface area (Å²) in [5.74, 6) is -4.95. The normalized spacial score (nSPS) is 26.4. The van der Waals surface area contributed by atoms with Crippen LogP contribution in [0.4, 0.5) is 13.2 Å². The molecule has 1 aromatic rings. The Labute approximate surface area is 377 Å². The number of esters is 1. The molecular formula is C46H72F3N7O8. The summed E-state index contributed by atoms with van der Waals surface area (Å²) in [6.07, 6.45) is -4.56. The second-order valence-corrected chi connectivity index (χ2v) is 18.1. The Morgan fingerprint density at radius 3 is 2.12 bits per heavy atom. The summed E-state index contributed by atoms with van der Waals surface area (Å²) in [6, 6.07) is 3.47. The van der Waals surface area contributed by atoms with Crippen molar-refractivity contribution in [2.75, 3.05) is 34.5 Å². The highest BCUT2D eigenvalue weighted by Crippen LogP contribution is 2.26. The van der Waals surface area contributed by atoms with E-state index in [9.17, 15) is 47.2 Å². The Kier molecular flexibility index (Phi) is 22.9. The van der Waals surface area contributed by atoms with Gasteiger partial charge in [0.25, 0.3) is 5.91 Å². The van der Waals surface area contributed by atoms with E-state index in [1.54, 1.807) is 42.3 Å². The number of alkyl halides is 3. The third-order valence-electron chi connectivity index (χ3n) is 11.5. The van der Waals surface area contributed by atoms with Crippen molar-refractivity contribution in [2.24, 2.45) is 17.8 Å². The molecule has 64 heavy (non-hydrogen) atoms. The van der Waals surface area contributed by atoms with Crippen LogP contribution in [0, 0.1) is 29.1 Å². The summed E-state index contributed by atoms with van der Waals surface area (Å²) in [7, 11) is 4.08. The number of hydrogen-bond acceptors (Lipinski definition) is 11. The molecule has 0 aliphatic carbocycles. The van der Waals surface area contributed by atoms with Crippen molar-refractivity contribution in [3.05, 3.63) is 35.9 Å². The lowest BCUT2D eigenvalue weighted by Crippen LogP contribution is -2.66. The molecule has 3 N–H and O–H groups in total. The van der Waals surface area contributed by atoms with E-state index in [2.05, 4.69) is 22.9 Å². The molecule has 0 radical (unpaired) electrons. The highest BCUT2D eigenvalue weighted by atomic mass is 19.4. The number of rotatable bonds is 15. The number of likely N-dealkylation sites (N-methyl/N-ethyl adjacent to an activating group) is 3. The number of halogens is 3. The Bertz CT molecular complexity index is 1710. The van der Waals surface area contributed by atoms with Gasteiger partial charge in [-0.2, -0.15) is 18.4 Å². The van der Waals surface area contributed by atoms with Gasteiger partial charge in [0, 0.05) is 33.4 Å². The molecule has 2 rings (SSSR count). The molecule has 15 nitrogen and oxygen atoms in total. The highest BCUT2D eigenvalue weighted by molar-refractivity contribution is 5.95. The lowest BCUT2D eigenvalue weighted by molar-refractivity contribution is -0.166. The number of benzene rings is 1. The van der Waals surface area contributed by atoms with Crippen LogP contribution in [0.2, 0.25) is 0 Å². The van der Waals surface area contributed by atoms with Crippen molar-refractivity contribution in [1.82, 2.24) is 30.7 Å². The molecule has 18 heteroatoms. The van der Waals surface area contributed by atoms with Crippen LogP contribution in [-0.4, -0.2) is 133 Å². The number of amides is 4. The molecule has 5 unspecified atom stereocenters. The number of nitrogens with one attached hydrogen (secondary N) is 3. The highest BCUT2D eigenvalue weighted by Gasteiger charge is 2.44. The van der Waals surface area contributed by atoms with Crippen LogP contribution in [0.1, 0.15) is 112 Å². The summed E-state index contributed by atoms with van der Waals surface area (Å²) < 4.78 is 54.4. The molecular weight excluding hydrogens is 836 g/mol. The molecule has 4 amide bonds. The molecule has 8 atom stereocenters. The number of aldehydes is 1. The van der Waals surface area contributed by atoms with Crippen molar-refractivity contribution in [1.29, 1.82) is 5.26 Å². The fourth-order valence-electron chi connectivity index (χ4n) is 7.79. The minimum atomic E-state index is -4.97. The van der Waals surface area contributed by atoms with Gasteiger partial charge in [-0.3, -0.25) is 34.2 Å². The first kappa shape index (κ1) is 55.5. The summed E-state index contributed by atoms with van der Waals surface area (Å²) >= 11 is 0. The largest absolute Gasteiger partial charge is 0.451 e. The van der Waals surface area contributed by atoms with Crippen LogP contribution >= 0.6 is 0 Å². The predicted octanol–water partition coefficient (Wildman–Crippen LogP) is 5.12. The number of nitriles is 1. The van der Waals surface area contributed by atoms with Gasteiger partial charge in [-0.25, -0.2) is 4.79 Å². The quantitative estimate of drug-likeness (QED) is 0.157. The van der Waals surface area contributed by atoms with Crippen LogP contribution in [0.15, 0.2) is 30.3 Å². The summed E-state index contributed by atoms with van der Waals surface area (Å²) in [5, 5.41) is 17.8. The standard InChI is InChI=1S/C46H72F3N7O8/c1-11-12-17-32(6)23-35-27-63-29-54(8)45(28-57,25-31(4)5)53-36(22-30(2)3)42(60)56(10)38(24-34-18-14-13-15-19-34)40(58)52-37(26-46(47,48)49)43(61)55(9)33(7)44(62)64-39(20-16-21-50)41(59)51-35/h13-15,18-19,28,30-33,35-39,53H,11-12,16-17,20,22-27,29H2,1-10H3,(H,51,59)(H,52,58)/t32-,33?,35?,36?,37?,38?,39-,45-/m1/s1.